The molecule has 0 atom stereocenters. The number of carbonyl (C=O) groups excluding carboxylic acids is 1. The monoisotopic (exact) mass is 267 g/mol. The van der Waals surface area contributed by atoms with Crippen LogP contribution >= 0.6 is 11.3 Å². The van der Waals surface area contributed by atoms with E-state index in [1.165, 1.54) is 11.3 Å². The fourth-order valence-electron chi connectivity index (χ4n) is 1.37. The Kier molecular flexibility index (Phi) is 7.11. The van der Waals surface area contributed by atoms with Crippen LogP contribution in [-0.4, -0.2) is 37.9 Å². The molecule has 0 saturated heterocycles. The number of carbonyl (C=O) groups is 1. The summed E-state index contributed by atoms with van der Waals surface area (Å²) >= 11 is 1.36. The first-order chi connectivity index (χ1) is 8.79. The summed E-state index contributed by atoms with van der Waals surface area (Å²) in [5.74, 6) is 5.20. The smallest absolute Gasteiger partial charge is 0.262 e. The Balaban J connectivity index is 2.44. The van der Waals surface area contributed by atoms with E-state index in [1.807, 2.05) is 5.38 Å². The molecule has 2 N–H and O–H groups in total. The number of hydrogen-bond donors (Lipinski definition) is 2. The van der Waals surface area contributed by atoms with E-state index in [9.17, 15) is 4.79 Å². The molecular weight excluding hydrogens is 250 g/mol. The van der Waals surface area contributed by atoms with Crippen LogP contribution in [0.25, 0.3) is 0 Å². The van der Waals surface area contributed by atoms with Gasteiger partial charge in [0.15, 0.2) is 0 Å². The summed E-state index contributed by atoms with van der Waals surface area (Å²) < 4.78 is 4.93. The molecule has 0 bridgehead atoms. The van der Waals surface area contributed by atoms with Crippen molar-refractivity contribution in [2.45, 2.75) is 12.8 Å². The summed E-state index contributed by atoms with van der Waals surface area (Å²) in [5, 5.41) is 13.3. The van der Waals surface area contributed by atoms with Gasteiger partial charge in [0.25, 0.3) is 5.91 Å². The summed E-state index contributed by atoms with van der Waals surface area (Å²) in [7, 11) is 1.66. The number of hydrogen-bond acceptors (Lipinski definition) is 4. The number of rotatable bonds is 6. The molecule has 98 valence electrons. The van der Waals surface area contributed by atoms with Crippen molar-refractivity contribution in [2.75, 3.05) is 26.9 Å². The molecule has 0 saturated carbocycles. The van der Waals surface area contributed by atoms with Crippen molar-refractivity contribution < 1.29 is 14.6 Å². The molecule has 0 aromatic carbocycles. The van der Waals surface area contributed by atoms with E-state index in [-0.39, 0.29) is 12.5 Å². The largest absolute Gasteiger partial charge is 0.385 e. The van der Waals surface area contributed by atoms with Crippen LogP contribution in [0, 0.1) is 11.8 Å². The van der Waals surface area contributed by atoms with Crippen molar-refractivity contribution in [2.24, 2.45) is 0 Å². The predicted octanol–water partition coefficient (Wildman–Crippen LogP) is 1.25. The highest BCUT2D eigenvalue weighted by molar-refractivity contribution is 7.12. The highest BCUT2D eigenvalue weighted by Gasteiger charge is 2.10. The number of thiophene rings is 1. The lowest BCUT2D eigenvalue weighted by molar-refractivity contribution is 0.0955. The molecule has 0 spiro atoms. The van der Waals surface area contributed by atoms with Crippen molar-refractivity contribution >= 4 is 17.2 Å². The number of ether oxygens (including phenoxy) is 1. The zero-order chi connectivity index (χ0) is 13.2. The lowest BCUT2D eigenvalue weighted by atomic mass is 10.2. The summed E-state index contributed by atoms with van der Waals surface area (Å²) in [6.45, 7) is 1.14. The predicted molar refractivity (Wildman–Crippen MR) is 71.7 cm³/mol. The standard InChI is InChI=1S/C13H17NO3S/c1-17-9-3-2-7-14-13(16)12-11(5-4-8-15)6-10-18-12/h6,10,15H,2-3,7-9H2,1H3,(H,14,16). The quantitative estimate of drug-likeness (QED) is 0.602. The molecule has 0 aliphatic heterocycles. The number of methoxy groups -OCH3 is 1. The van der Waals surface area contributed by atoms with E-state index >= 15 is 0 Å². The Hall–Kier alpha value is -1.35. The van der Waals surface area contributed by atoms with Gasteiger partial charge in [-0.05, 0) is 24.3 Å². The van der Waals surface area contributed by atoms with Gasteiger partial charge in [0.1, 0.15) is 11.5 Å². The summed E-state index contributed by atoms with van der Waals surface area (Å²) in [6.07, 6.45) is 1.82. The van der Waals surface area contributed by atoms with Crippen LogP contribution in [-0.2, 0) is 4.74 Å². The van der Waals surface area contributed by atoms with Crippen LogP contribution in [0.4, 0.5) is 0 Å². The number of unbranched alkanes of at least 4 members (excludes halogenated alkanes) is 1. The third kappa shape index (κ3) is 4.88. The number of amides is 1. The van der Waals surface area contributed by atoms with Crippen molar-refractivity contribution in [3.05, 3.63) is 21.9 Å². The average molecular weight is 267 g/mol. The lowest BCUT2D eigenvalue weighted by Gasteiger charge is -2.03. The van der Waals surface area contributed by atoms with Crippen LogP contribution < -0.4 is 5.32 Å². The SMILES string of the molecule is COCCCCNC(=O)c1sccc1C#CCO. The summed E-state index contributed by atoms with van der Waals surface area (Å²) in [5.41, 5.74) is 0.670. The van der Waals surface area contributed by atoms with Crippen molar-refractivity contribution in [1.29, 1.82) is 0 Å². The molecule has 4 nitrogen and oxygen atoms in total. The first-order valence-electron chi connectivity index (χ1n) is 5.74. The van der Waals surface area contributed by atoms with Gasteiger partial charge in [0.2, 0.25) is 0 Å². The fraction of sp³-hybridized carbons (Fsp3) is 0.462. The lowest BCUT2D eigenvalue weighted by Crippen LogP contribution is -2.24. The molecule has 5 heteroatoms. The summed E-state index contributed by atoms with van der Waals surface area (Å²) in [6, 6.07) is 1.78. The van der Waals surface area contributed by atoms with Gasteiger partial charge in [-0.25, -0.2) is 0 Å². The molecule has 1 aromatic rings. The molecule has 1 aromatic heterocycles. The number of nitrogens with one attached hydrogen (secondary N) is 1. The van der Waals surface area contributed by atoms with Crippen LogP contribution in [0.1, 0.15) is 28.1 Å². The van der Waals surface area contributed by atoms with E-state index in [1.54, 1.807) is 13.2 Å². The van der Waals surface area contributed by atoms with Crippen molar-refractivity contribution in [3.8, 4) is 11.8 Å². The number of aliphatic hydroxyl groups excluding tert-OH is 1. The molecule has 0 radical (unpaired) electrons. The second kappa shape index (κ2) is 8.70. The van der Waals surface area contributed by atoms with E-state index in [4.69, 9.17) is 9.84 Å². The van der Waals surface area contributed by atoms with Gasteiger partial charge in [-0.2, -0.15) is 0 Å². The highest BCUT2D eigenvalue weighted by Crippen LogP contribution is 2.15. The van der Waals surface area contributed by atoms with Crippen LogP contribution in [0.5, 0.6) is 0 Å². The van der Waals surface area contributed by atoms with Crippen LogP contribution in [0.3, 0.4) is 0 Å². The van der Waals surface area contributed by atoms with Gasteiger partial charge in [-0.15, -0.1) is 11.3 Å². The molecule has 0 unspecified atom stereocenters. The molecule has 0 aliphatic rings. The maximum atomic E-state index is 11.9. The molecular formula is C13H17NO3S. The van der Waals surface area contributed by atoms with Gasteiger partial charge in [0, 0.05) is 25.8 Å². The Bertz CT molecular complexity index is 431. The van der Waals surface area contributed by atoms with E-state index < -0.39 is 0 Å². The second-order valence-corrected chi connectivity index (χ2v) is 4.50. The van der Waals surface area contributed by atoms with Crippen molar-refractivity contribution in [1.82, 2.24) is 5.32 Å². The zero-order valence-electron chi connectivity index (χ0n) is 10.4. The molecule has 1 heterocycles. The van der Waals surface area contributed by atoms with E-state index in [0.717, 1.165) is 12.8 Å². The maximum absolute atomic E-state index is 11.9. The Morgan fingerprint density at radius 1 is 1.56 bits per heavy atom. The molecule has 18 heavy (non-hydrogen) atoms. The third-order valence-electron chi connectivity index (χ3n) is 2.23. The minimum Gasteiger partial charge on any atom is -0.385 e. The van der Waals surface area contributed by atoms with Crippen LogP contribution in [0.15, 0.2) is 11.4 Å². The van der Waals surface area contributed by atoms with Gasteiger partial charge in [-0.1, -0.05) is 11.8 Å². The van der Waals surface area contributed by atoms with Gasteiger partial charge >= 0.3 is 0 Å². The molecule has 1 amide bonds. The minimum absolute atomic E-state index is 0.107. The topological polar surface area (TPSA) is 58.6 Å². The first-order valence-corrected chi connectivity index (χ1v) is 6.62. The minimum atomic E-state index is -0.200. The highest BCUT2D eigenvalue weighted by atomic mass is 32.1. The van der Waals surface area contributed by atoms with E-state index in [2.05, 4.69) is 17.2 Å². The van der Waals surface area contributed by atoms with Gasteiger partial charge < -0.3 is 15.2 Å². The first kappa shape index (κ1) is 14.7. The Morgan fingerprint density at radius 3 is 3.11 bits per heavy atom. The number of aliphatic hydroxyl groups is 1. The average Bonchev–Trinajstić information content (AvgIpc) is 2.84. The maximum Gasteiger partial charge on any atom is 0.262 e. The molecule has 0 aliphatic carbocycles. The molecule has 0 fully saturated rings. The zero-order valence-corrected chi connectivity index (χ0v) is 11.2. The van der Waals surface area contributed by atoms with Gasteiger partial charge in [0.05, 0.1) is 0 Å². The fourth-order valence-corrected chi connectivity index (χ4v) is 2.14. The summed E-state index contributed by atoms with van der Waals surface area (Å²) in [4.78, 5) is 12.5. The van der Waals surface area contributed by atoms with Gasteiger partial charge in [-0.3, -0.25) is 4.79 Å². The normalized spacial score (nSPS) is 9.67. The Morgan fingerprint density at radius 2 is 2.39 bits per heavy atom. The van der Waals surface area contributed by atoms with Crippen LogP contribution in [0.2, 0.25) is 0 Å². The third-order valence-corrected chi connectivity index (χ3v) is 3.15. The Labute approximate surface area is 111 Å². The second-order valence-electron chi connectivity index (χ2n) is 3.58. The molecule has 1 rings (SSSR count). The van der Waals surface area contributed by atoms with E-state index in [0.29, 0.717) is 23.6 Å². The van der Waals surface area contributed by atoms with Crippen molar-refractivity contribution in [3.63, 3.8) is 0 Å².